The van der Waals surface area contributed by atoms with Crippen LogP contribution in [0.25, 0.3) is 0 Å². The van der Waals surface area contributed by atoms with Crippen LogP contribution >= 0.6 is 0 Å². The van der Waals surface area contributed by atoms with Gasteiger partial charge in [-0.15, -0.1) is 0 Å². The SMILES string of the molecule is CC(C)c1ccc(N2CC[C@H](C(=O)Nc3ccc(F)cc3)C2=O)cc1. The summed E-state index contributed by atoms with van der Waals surface area (Å²) in [6.07, 6.45) is 0.470. The number of nitrogens with zero attached hydrogens (tertiary/aromatic N) is 1. The molecule has 2 aromatic rings. The van der Waals surface area contributed by atoms with Gasteiger partial charge in [0.05, 0.1) is 0 Å². The molecule has 1 saturated heterocycles. The molecule has 4 nitrogen and oxygen atoms in total. The van der Waals surface area contributed by atoms with Gasteiger partial charge in [-0.1, -0.05) is 26.0 Å². The van der Waals surface area contributed by atoms with Gasteiger partial charge in [-0.2, -0.15) is 0 Å². The van der Waals surface area contributed by atoms with E-state index in [1.807, 2.05) is 24.3 Å². The van der Waals surface area contributed by atoms with Crippen molar-refractivity contribution in [3.05, 3.63) is 59.9 Å². The molecular formula is C20H21FN2O2. The first kappa shape index (κ1) is 17.1. The van der Waals surface area contributed by atoms with E-state index >= 15 is 0 Å². The van der Waals surface area contributed by atoms with Crippen molar-refractivity contribution in [2.24, 2.45) is 5.92 Å². The number of anilines is 2. The fraction of sp³-hybridized carbons (Fsp3) is 0.300. The van der Waals surface area contributed by atoms with Crippen molar-refractivity contribution in [3.8, 4) is 0 Å². The Hall–Kier alpha value is -2.69. The van der Waals surface area contributed by atoms with Crippen LogP contribution in [0.3, 0.4) is 0 Å². The van der Waals surface area contributed by atoms with E-state index in [0.29, 0.717) is 24.6 Å². The van der Waals surface area contributed by atoms with Gasteiger partial charge in [0.25, 0.3) is 0 Å². The van der Waals surface area contributed by atoms with Crippen molar-refractivity contribution < 1.29 is 14.0 Å². The van der Waals surface area contributed by atoms with Gasteiger partial charge >= 0.3 is 0 Å². The quantitative estimate of drug-likeness (QED) is 0.857. The standard InChI is InChI=1S/C20H21FN2O2/c1-13(2)14-3-9-17(10-4-14)23-12-11-18(20(23)25)19(24)22-16-7-5-15(21)6-8-16/h3-10,13,18H,11-12H2,1-2H3,(H,22,24)/t18-/m1/s1. The Morgan fingerprint density at radius 1 is 1.12 bits per heavy atom. The molecule has 3 rings (SSSR count). The maximum atomic E-state index is 12.9. The summed E-state index contributed by atoms with van der Waals surface area (Å²) in [6, 6.07) is 13.4. The van der Waals surface area contributed by atoms with Gasteiger partial charge in [0.1, 0.15) is 11.7 Å². The maximum Gasteiger partial charge on any atom is 0.239 e. The maximum absolute atomic E-state index is 12.9. The summed E-state index contributed by atoms with van der Waals surface area (Å²) in [6.45, 7) is 4.75. The minimum Gasteiger partial charge on any atom is -0.325 e. The molecule has 0 spiro atoms. The first-order valence-corrected chi connectivity index (χ1v) is 8.43. The fourth-order valence-corrected chi connectivity index (χ4v) is 2.98. The Kier molecular flexibility index (Phi) is 4.83. The number of carbonyl (C=O) groups excluding carboxylic acids is 2. The predicted molar refractivity (Wildman–Crippen MR) is 96.0 cm³/mol. The van der Waals surface area contributed by atoms with Gasteiger partial charge in [-0.05, 0) is 54.3 Å². The van der Waals surface area contributed by atoms with Gasteiger partial charge in [0.15, 0.2) is 0 Å². The molecule has 1 heterocycles. The van der Waals surface area contributed by atoms with Gasteiger partial charge in [0, 0.05) is 17.9 Å². The summed E-state index contributed by atoms with van der Waals surface area (Å²) in [5, 5.41) is 2.68. The molecule has 1 aliphatic rings. The van der Waals surface area contributed by atoms with Crippen molar-refractivity contribution in [3.63, 3.8) is 0 Å². The number of hydrogen-bond acceptors (Lipinski definition) is 2. The number of benzene rings is 2. The summed E-state index contributed by atoms with van der Waals surface area (Å²) in [5.74, 6) is -1.20. The van der Waals surface area contributed by atoms with Gasteiger partial charge < -0.3 is 10.2 Å². The number of carbonyl (C=O) groups is 2. The van der Waals surface area contributed by atoms with E-state index in [2.05, 4.69) is 19.2 Å². The van der Waals surface area contributed by atoms with E-state index < -0.39 is 5.92 Å². The van der Waals surface area contributed by atoms with Crippen LogP contribution in [-0.4, -0.2) is 18.4 Å². The topological polar surface area (TPSA) is 49.4 Å². The highest BCUT2D eigenvalue weighted by molar-refractivity contribution is 6.13. The van der Waals surface area contributed by atoms with Gasteiger partial charge in [-0.25, -0.2) is 4.39 Å². The molecular weight excluding hydrogens is 319 g/mol. The third-order valence-corrected chi connectivity index (χ3v) is 4.51. The first-order chi connectivity index (χ1) is 12.0. The average molecular weight is 340 g/mol. The molecule has 1 fully saturated rings. The van der Waals surface area contributed by atoms with Crippen molar-refractivity contribution in [1.29, 1.82) is 0 Å². The molecule has 1 atom stereocenters. The predicted octanol–water partition coefficient (Wildman–Crippen LogP) is 3.94. The summed E-state index contributed by atoms with van der Waals surface area (Å²) < 4.78 is 12.9. The Bertz CT molecular complexity index is 769. The molecule has 0 aromatic heterocycles. The number of halogens is 1. The van der Waals surface area contributed by atoms with E-state index in [9.17, 15) is 14.0 Å². The van der Waals surface area contributed by atoms with Crippen LogP contribution in [0, 0.1) is 11.7 Å². The molecule has 0 radical (unpaired) electrons. The largest absolute Gasteiger partial charge is 0.325 e. The van der Waals surface area contributed by atoms with Crippen LogP contribution in [0.5, 0.6) is 0 Å². The normalized spacial score (nSPS) is 17.2. The second-order valence-corrected chi connectivity index (χ2v) is 6.57. The third kappa shape index (κ3) is 3.71. The van der Waals surface area contributed by atoms with Gasteiger partial charge in [0.2, 0.25) is 11.8 Å². The second-order valence-electron chi connectivity index (χ2n) is 6.57. The fourth-order valence-electron chi connectivity index (χ4n) is 2.98. The minimum absolute atomic E-state index is 0.197. The number of amides is 2. The Labute approximate surface area is 146 Å². The first-order valence-electron chi connectivity index (χ1n) is 8.43. The van der Waals surface area contributed by atoms with Crippen LogP contribution in [0.15, 0.2) is 48.5 Å². The molecule has 25 heavy (non-hydrogen) atoms. The Balaban J connectivity index is 1.68. The molecule has 1 aliphatic heterocycles. The summed E-state index contributed by atoms with van der Waals surface area (Å²) in [4.78, 5) is 26.6. The van der Waals surface area contributed by atoms with Crippen LogP contribution in [0.2, 0.25) is 0 Å². The van der Waals surface area contributed by atoms with Crippen molar-refractivity contribution in [1.82, 2.24) is 0 Å². The molecule has 2 amide bonds. The number of rotatable bonds is 4. The van der Waals surface area contributed by atoms with Crippen LogP contribution in [0.1, 0.15) is 31.7 Å². The average Bonchev–Trinajstić information content (AvgIpc) is 2.98. The molecule has 0 bridgehead atoms. The number of nitrogens with one attached hydrogen (secondary N) is 1. The van der Waals surface area contributed by atoms with Crippen molar-refractivity contribution >= 4 is 23.2 Å². The molecule has 130 valence electrons. The van der Waals surface area contributed by atoms with Crippen molar-refractivity contribution in [2.75, 3.05) is 16.8 Å². The molecule has 0 aliphatic carbocycles. The third-order valence-electron chi connectivity index (χ3n) is 4.51. The van der Waals surface area contributed by atoms with E-state index in [1.54, 1.807) is 4.90 Å². The zero-order valence-corrected chi connectivity index (χ0v) is 14.3. The number of hydrogen-bond donors (Lipinski definition) is 1. The monoisotopic (exact) mass is 340 g/mol. The van der Waals surface area contributed by atoms with Crippen LogP contribution < -0.4 is 10.2 Å². The Morgan fingerprint density at radius 3 is 2.36 bits per heavy atom. The second kappa shape index (κ2) is 7.05. The molecule has 1 N–H and O–H groups in total. The lowest BCUT2D eigenvalue weighted by Gasteiger charge is -2.18. The van der Waals surface area contributed by atoms with Crippen molar-refractivity contribution in [2.45, 2.75) is 26.2 Å². The van der Waals surface area contributed by atoms with E-state index in [1.165, 1.54) is 29.8 Å². The van der Waals surface area contributed by atoms with E-state index in [0.717, 1.165) is 5.69 Å². The molecule has 0 saturated carbocycles. The molecule has 2 aromatic carbocycles. The lowest BCUT2D eigenvalue weighted by molar-refractivity contribution is -0.129. The molecule has 0 unspecified atom stereocenters. The lowest BCUT2D eigenvalue weighted by Crippen LogP contribution is -2.33. The highest BCUT2D eigenvalue weighted by atomic mass is 19.1. The van der Waals surface area contributed by atoms with E-state index in [4.69, 9.17) is 0 Å². The zero-order chi connectivity index (χ0) is 18.0. The summed E-state index contributed by atoms with van der Waals surface area (Å²) >= 11 is 0. The summed E-state index contributed by atoms with van der Waals surface area (Å²) in [5.41, 5.74) is 2.51. The summed E-state index contributed by atoms with van der Waals surface area (Å²) in [7, 11) is 0. The van der Waals surface area contributed by atoms with Gasteiger partial charge in [-0.3, -0.25) is 9.59 Å². The van der Waals surface area contributed by atoms with Crippen LogP contribution in [-0.2, 0) is 9.59 Å². The highest BCUT2D eigenvalue weighted by Gasteiger charge is 2.37. The zero-order valence-electron chi connectivity index (χ0n) is 14.3. The Morgan fingerprint density at radius 2 is 1.76 bits per heavy atom. The lowest BCUT2D eigenvalue weighted by atomic mass is 10.0. The van der Waals surface area contributed by atoms with E-state index in [-0.39, 0.29) is 17.6 Å². The molecule has 5 heteroatoms. The highest BCUT2D eigenvalue weighted by Crippen LogP contribution is 2.27. The minimum atomic E-state index is -0.713. The van der Waals surface area contributed by atoms with Crippen LogP contribution in [0.4, 0.5) is 15.8 Å². The smallest absolute Gasteiger partial charge is 0.239 e.